The summed E-state index contributed by atoms with van der Waals surface area (Å²) in [5, 5.41) is 3.19. The number of nitrogens with one attached hydrogen (secondary N) is 1. The topological polar surface area (TPSA) is 68.3 Å². The number of methoxy groups -OCH3 is 1. The van der Waals surface area contributed by atoms with Crippen molar-refractivity contribution in [2.24, 2.45) is 5.92 Å². The van der Waals surface area contributed by atoms with Gasteiger partial charge in [0.15, 0.2) is 5.13 Å². The average molecular weight is 270 g/mol. The van der Waals surface area contributed by atoms with Crippen LogP contribution in [0.25, 0.3) is 0 Å². The highest BCUT2D eigenvalue weighted by atomic mass is 32.1. The molecule has 0 radical (unpaired) electrons. The smallest absolute Gasteiger partial charge is 0.350 e. The number of amides is 1. The highest BCUT2D eigenvalue weighted by Gasteiger charge is 2.19. The molecule has 1 amide bonds. The fourth-order valence-corrected chi connectivity index (χ4v) is 2.49. The van der Waals surface area contributed by atoms with Crippen molar-refractivity contribution >= 4 is 28.3 Å². The van der Waals surface area contributed by atoms with E-state index in [1.165, 1.54) is 7.11 Å². The Morgan fingerprint density at radius 1 is 1.39 bits per heavy atom. The summed E-state index contributed by atoms with van der Waals surface area (Å²) in [7, 11) is 1.32. The normalized spacial score (nSPS) is 10.5. The molecule has 18 heavy (non-hydrogen) atoms. The van der Waals surface area contributed by atoms with Gasteiger partial charge in [0, 0.05) is 5.92 Å². The molecule has 0 bridgehead atoms. The fraction of sp³-hybridized carbons (Fsp3) is 0.583. The quantitative estimate of drug-likeness (QED) is 0.835. The molecule has 0 aliphatic rings. The van der Waals surface area contributed by atoms with E-state index in [0.717, 1.165) is 24.2 Å². The van der Waals surface area contributed by atoms with Crippen LogP contribution in [0, 0.1) is 12.8 Å². The summed E-state index contributed by atoms with van der Waals surface area (Å²) in [5.41, 5.74) is 0.576. The molecule has 0 aromatic carbocycles. The van der Waals surface area contributed by atoms with E-state index in [1.807, 2.05) is 13.8 Å². The lowest BCUT2D eigenvalue weighted by atomic mass is 10.0. The van der Waals surface area contributed by atoms with Crippen molar-refractivity contribution < 1.29 is 14.3 Å². The molecule has 0 unspecified atom stereocenters. The molecule has 0 fully saturated rings. The van der Waals surface area contributed by atoms with Gasteiger partial charge in [0.25, 0.3) is 0 Å². The van der Waals surface area contributed by atoms with Crippen LogP contribution in [0.3, 0.4) is 0 Å². The van der Waals surface area contributed by atoms with E-state index < -0.39 is 5.97 Å². The Bertz CT molecular complexity index is 439. The standard InChI is InChI=1S/C12H18N2O3S/c1-5-8(6-2)10(15)14-12-13-7(3)9(18-12)11(16)17-4/h8H,5-6H2,1-4H3,(H,13,14,15). The van der Waals surface area contributed by atoms with Crippen LogP contribution in [0.2, 0.25) is 0 Å². The number of hydrogen-bond acceptors (Lipinski definition) is 5. The monoisotopic (exact) mass is 270 g/mol. The lowest BCUT2D eigenvalue weighted by molar-refractivity contribution is -0.120. The van der Waals surface area contributed by atoms with Gasteiger partial charge in [0.05, 0.1) is 12.8 Å². The van der Waals surface area contributed by atoms with Crippen molar-refractivity contribution in [2.75, 3.05) is 12.4 Å². The van der Waals surface area contributed by atoms with Crippen LogP contribution in [-0.2, 0) is 9.53 Å². The molecule has 0 saturated carbocycles. The van der Waals surface area contributed by atoms with Crippen LogP contribution < -0.4 is 5.32 Å². The Kier molecular flexibility index (Phi) is 5.27. The van der Waals surface area contributed by atoms with Gasteiger partial charge in [-0.1, -0.05) is 25.2 Å². The number of nitrogens with zero attached hydrogens (tertiary/aromatic N) is 1. The van der Waals surface area contributed by atoms with Gasteiger partial charge in [-0.3, -0.25) is 4.79 Å². The van der Waals surface area contributed by atoms with E-state index in [4.69, 9.17) is 0 Å². The van der Waals surface area contributed by atoms with Crippen molar-refractivity contribution in [2.45, 2.75) is 33.6 Å². The molecular weight excluding hydrogens is 252 g/mol. The molecule has 1 aromatic rings. The SMILES string of the molecule is CCC(CC)C(=O)Nc1nc(C)c(C(=O)OC)s1. The Hall–Kier alpha value is -1.43. The van der Waals surface area contributed by atoms with Gasteiger partial charge in [-0.2, -0.15) is 0 Å². The van der Waals surface area contributed by atoms with Gasteiger partial charge in [-0.25, -0.2) is 9.78 Å². The van der Waals surface area contributed by atoms with E-state index in [0.29, 0.717) is 15.7 Å². The number of thiazole rings is 1. The minimum atomic E-state index is -0.423. The molecule has 100 valence electrons. The zero-order valence-corrected chi connectivity index (χ0v) is 11.9. The summed E-state index contributed by atoms with van der Waals surface area (Å²) in [6, 6.07) is 0. The summed E-state index contributed by atoms with van der Waals surface area (Å²) in [4.78, 5) is 27.9. The summed E-state index contributed by atoms with van der Waals surface area (Å²) in [6.07, 6.45) is 1.58. The molecule has 0 saturated heterocycles. The summed E-state index contributed by atoms with van der Waals surface area (Å²) < 4.78 is 4.64. The van der Waals surface area contributed by atoms with Gasteiger partial charge >= 0.3 is 5.97 Å². The molecule has 0 spiro atoms. The minimum Gasteiger partial charge on any atom is -0.465 e. The molecule has 1 aromatic heterocycles. The predicted octanol–water partition coefficient (Wildman–Crippen LogP) is 2.61. The average Bonchev–Trinajstić information content (AvgIpc) is 2.70. The zero-order valence-electron chi connectivity index (χ0n) is 11.1. The van der Waals surface area contributed by atoms with E-state index in [1.54, 1.807) is 6.92 Å². The van der Waals surface area contributed by atoms with E-state index in [-0.39, 0.29) is 11.8 Å². The van der Waals surface area contributed by atoms with Crippen LogP contribution in [-0.4, -0.2) is 24.0 Å². The first-order valence-corrected chi connectivity index (χ1v) is 6.71. The molecule has 1 N–H and O–H groups in total. The maximum absolute atomic E-state index is 11.9. The number of rotatable bonds is 5. The molecule has 6 heteroatoms. The highest BCUT2D eigenvalue weighted by Crippen LogP contribution is 2.24. The zero-order chi connectivity index (χ0) is 13.7. The van der Waals surface area contributed by atoms with Crippen molar-refractivity contribution in [1.82, 2.24) is 4.98 Å². The number of anilines is 1. The van der Waals surface area contributed by atoms with Crippen molar-refractivity contribution in [1.29, 1.82) is 0 Å². The Morgan fingerprint density at radius 2 is 2.00 bits per heavy atom. The van der Waals surface area contributed by atoms with Gasteiger partial charge in [0.2, 0.25) is 5.91 Å². The maximum atomic E-state index is 11.9. The van der Waals surface area contributed by atoms with Crippen LogP contribution in [0.15, 0.2) is 0 Å². The number of aryl methyl sites for hydroxylation is 1. The molecular formula is C12H18N2O3S. The molecule has 1 rings (SSSR count). The lowest BCUT2D eigenvalue weighted by Crippen LogP contribution is -2.21. The maximum Gasteiger partial charge on any atom is 0.350 e. The first kappa shape index (κ1) is 14.6. The van der Waals surface area contributed by atoms with Crippen LogP contribution in [0.4, 0.5) is 5.13 Å². The van der Waals surface area contributed by atoms with E-state index in [2.05, 4.69) is 15.0 Å². The Morgan fingerprint density at radius 3 is 2.50 bits per heavy atom. The second kappa shape index (κ2) is 6.49. The summed E-state index contributed by atoms with van der Waals surface area (Å²) >= 11 is 1.14. The third kappa shape index (κ3) is 3.29. The lowest BCUT2D eigenvalue weighted by Gasteiger charge is -2.10. The number of ether oxygens (including phenoxy) is 1. The van der Waals surface area contributed by atoms with Gasteiger partial charge in [0.1, 0.15) is 4.88 Å². The second-order valence-electron chi connectivity index (χ2n) is 3.93. The van der Waals surface area contributed by atoms with Crippen LogP contribution >= 0.6 is 11.3 Å². The van der Waals surface area contributed by atoms with Crippen molar-refractivity contribution in [3.8, 4) is 0 Å². The molecule has 0 atom stereocenters. The number of carbonyl (C=O) groups excluding carboxylic acids is 2. The largest absolute Gasteiger partial charge is 0.465 e. The third-order valence-electron chi connectivity index (χ3n) is 2.75. The Labute approximate surface area is 111 Å². The minimum absolute atomic E-state index is 0.0178. The predicted molar refractivity (Wildman–Crippen MR) is 70.9 cm³/mol. The van der Waals surface area contributed by atoms with E-state index in [9.17, 15) is 9.59 Å². The number of carbonyl (C=O) groups is 2. The molecule has 0 aliphatic carbocycles. The van der Waals surface area contributed by atoms with E-state index >= 15 is 0 Å². The fourth-order valence-electron chi connectivity index (χ4n) is 1.60. The van der Waals surface area contributed by atoms with Crippen molar-refractivity contribution in [3.05, 3.63) is 10.6 Å². The third-order valence-corrected chi connectivity index (χ3v) is 3.81. The first-order chi connectivity index (χ1) is 8.53. The van der Waals surface area contributed by atoms with Crippen LogP contribution in [0.1, 0.15) is 42.1 Å². The molecule has 5 nitrogen and oxygen atoms in total. The molecule has 1 heterocycles. The number of aromatic nitrogens is 1. The second-order valence-corrected chi connectivity index (χ2v) is 4.93. The van der Waals surface area contributed by atoms with Gasteiger partial charge in [-0.05, 0) is 19.8 Å². The van der Waals surface area contributed by atoms with Gasteiger partial charge < -0.3 is 10.1 Å². The highest BCUT2D eigenvalue weighted by molar-refractivity contribution is 7.17. The molecule has 0 aliphatic heterocycles. The Balaban J connectivity index is 2.80. The van der Waals surface area contributed by atoms with Gasteiger partial charge in [-0.15, -0.1) is 0 Å². The number of hydrogen-bond donors (Lipinski definition) is 1. The summed E-state index contributed by atoms with van der Waals surface area (Å²) in [6.45, 7) is 5.66. The first-order valence-electron chi connectivity index (χ1n) is 5.90. The van der Waals surface area contributed by atoms with Crippen LogP contribution in [0.5, 0.6) is 0 Å². The van der Waals surface area contributed by atoms with Crippen molar-refractivity contribution in [3.63, 3.8) is 0 Å². The number of esters is 1. The summed E-state index contributed by atoms with van der Waals surface area (Å²) in [5.74, 6) is -0.492.